The highest BCUT2D eigenvalue weighted by Gasteiger charge is 2.12. The van der Waals surface area contributed by atoms with Gasteiger partial charge in [0.2, 0.25) is 0 Å². The van der Waals surface area contributed by atoms with E-state index in [1.54, 1.807) is 12.1 Å². The van der Waals surface area contributed by atoms with E-state index < -0.39 is 11.6 Å². The van der Waals surface area contributed by atoms with Crippen LogP contribution in [0.3, 0.4) is 0 Å². The number of Topliss-reactive ketones (excluding diaryl/α,β-unsaturated/α-hetero) is 1. The monoisotopic (exact) mass is 325 g/mol. The number of ketones is 1. The van der Waals surface area contributed by atoms with Crippen molar-refractivity contribution in [3.8, 4) is 0 Å². The molecular formula is C14H10BrF2NO. The first kappa shape index (κ1) is 13.7. The van der Waals surface area contributed by atoms with Crippen LogP contribution in [0.15, 0.2) is 40.9 Å². The topological polar surface area (TPSA) is 43.1 Å². The van der Waals surface area contributed by atoms with Crippen LogP contribution in [0.1, 0.15) is 15.9 Å². The fourth-order valence-corrected chi connectivity index (χ4v) is 2.24. The Kier molecular flexibility index (Phi) is 3.95. The van der Waals surface area contributed by atoms with E-state index in [0.717, 1.165) is 18.2 Å². The second-order valence-electron chi connectivity index (χ2n) is 4.11. The summed E-state index contributed by atoms with van der Waals surface area (Å²) in [6.07, 6.45) is -0.209. The quantitative estimate of drug-likeness (QED) is 0.690. The summed E-state index contributed by atoms with van der Waals surface area (Å²) in [5.41, 5.74) is 6.44. The summed E-state index contributed by atoms with van der Waals surface area (Å²) in [7, 11) is 0. The summed E-state index contributed by atoms with van der Waals surface area (Å²) in [5, 5.41) is 0. The van der Waals surface area contributed by atoms with Crippen molar-refractivity contribution in [3.05, 3.63) is 63.6 Å². The van der Waals surface area contributed by atoms with Gasteiger partial charge in [-0.1, -0.05) is 15.9 Å². The normalized spacial score (nSPS) is 10.5. The number of carbonyl (C=O) groups excluding carboxylic acids is 1. The predicted molar refractivity (Wildman–Crippen MR) is 72.9 cm³/mol. The standard InChI is InChI=1S/C14H10BrF2NO/c15-10-3-9(5-12(18)7-10)14(19)6-8-4-11(16)1-2-13(8)17/h1-5,7H,6,18H2. The molecule has 0 saturated carbocycles. The molecule has 2 nitrogen and oxygen atoms in total. The van der Waals surface area contributed by atoms with Crippen molar-refractivity contribution < 1.29 is 13.6 Å². The van der Waals surface area contributed by atoms with Crippen molar-refractivity contribution in [1.29, 1.82) is 0 Å². The van der Waals surface area contributed by atoms with E-state index in [1.807, 2.05) is 0 Å². The van der Waals surface area contributed by atoms with E-state index in [1.165, 1.54) is 6.07 Å². The molecule has 5 heteroatoms. The van der Waals surface area contributed by atoms with Crippen LogP contribution in [-0.4, -0.2) is 5.78 Å². The van der Waals surface area contributed by atoms with E-state index in [2.05, 4.69) is 15.9 Å². The number of rotatable bonds is 3. The van der Waals surface area contributed by atoms with E-state index in [0.29, 0.717) is 15.7 Å². The van der Waals surface area contributed by atoms with Gasteiger partial charge < -0.3 is 5.73 Å². The number of hydrogen-bond donors (Lipinski definition) is 1. The van der Waals surface area contributed by atoms with Crippen molar-refractivity contribution >= 4 is 27.4 Å². The maximum Gasteiger partial charge on any atom is 0.167 e. The van der Waals surface area contributed by atoms with E-state index >= 15 is 0 Å². The van der Waals surface area contributed by atoms with E-state index in [4.69, 9.17) is 5.73 Å². The third kappa shape index (κ3) is 3.38. The first-order valence-corrected chi connectivity index (χ1v) is 6.28. The molecule has 0 radical (unpaired) electrons. The molecule has 19 heavy (non-hydrogen) atoms. The van der Waals surface area contributed by atoms with E-state index in [9.17, 15) is 13.6 Å². The van der Waals surface area contributed by atoms with Crippen LogP contribution in [-0.2, 0) is 6.42 Å². The van der Waals surface area contributed by atoms with Gasteiger partial charge in [0, 0.05) is 22.1 Å². The third-order valence-corrected chi connectivity index (χ3v) is 3.06. The van der Waals surface area contributed by atoms with Crippen molar-refractivity contribution in [1.82, 2.24) is 0 Å². The summed E-state index contributed by atoms with van der Waals surface area (Å²) in [6.45, 7) is 0. The molecule has 0 amide bonds. The fraction of sp³-hybridized carbons (Fsp3) is 0.0714. The summed E-state index contributed by atoms with van der Waals surface area (Å²) >= 11 is 3.23. The summed E-state index contributed by atoms with van der Waals surface area (Å²) in [6, 6.07) is 7.79. The molecule has 0 aliphatic rings. The van der Waals surface area contributed by atoms with Gasteiger partial charge in [0.05, 0.1) is 0 Å². The first-order valence-electron chi connectivity index (χ1n) is 5.49. The zero-order valence-corrected chi connectivity index (χ0v) is 11.4. The van der Waals surface area contributed by atoms with Gasteiger partial charge >= 0.3 is 0 Å². The SMILES string of the molecule is Nc1cc(Br)cc(C(=O)Cc2cc(F)ccc2F)c1. The van der Waals surface area contributed by atoms with Crippen LogP contribution in [0.5, 0.6) is 0 Å². The molecule has 2 aromatic carbocycles. The van der Waals surface area contributed by atoms with Gasteiger partial charge in [-0.05, 0) is 42.0 Å². The second kappa shape index (κ2) is 5.48. The highest BCUT2D eigenvalue weighted by atomic mass is 79.9. The van der Waals surface area contributed by atoms with Crippen LogP contribution in [0.25, 0.3) is 0 Å². The molecule has 2 rings (SSSR count). The smallest absolute Gasteiger partial charge is 0.167 e. The zero-order valence-electron chi connectivity index (χ0n) is 9.79. The Morgan fingerprint density at radius 1 is 1.16 bits per heavy atom. The number of anilines is 1. The molecule has 0 aliphatic carbocycles. The van der Waals surface area contributed by atoms with Gasteiger partial charge in [0.1, 0.15) is 11.6 Å². The fourth-order valence-electron chi connectivity index (χ4n) is 1.73. The summed E-state index contributed by atoms with van der Waals surface area (Å²) < 4.78 is 27.1. The molecule has 0 spiro atoms. The summed E-state index contributed by atoms with van der Waals surface area (Å²) in [4.78, 5) is 12.0. The van der Waals surface area contributed by atoms with Crippen molar-refractivity contribution in [2.75, 3.05) is 5.73 Å². The van der Waals surface area contributed by atoms with Gasteiger partial charge in [-0.15, -0.1) is 0 Å². The predicted octanol–water partition coefficient (Wildman–Crippen LogP) is 3.73. The van der Waals surface area contributed by atoms with Crippen molar-refractivity contribution in [2.24, 2.45) is 0 Å². The maximum absolute atomic E-state index is 13.5. The second-order valence-corrected chi connectivity index (χ2v) is 5.02. The molecule has 0 heterocycles. The van der Waals surface area contributed by atoms with Crippen LogP contribution < -0.4 is 5.73 Å². The Morgan fingerprint density at radius 2 is 1.89 bits per heavy atom. The van der Waals surface area contributed by atoms with Gasteiger partial charge in [-0.2, -0.15) is 0 Å². The number of nitrogens with two attached hydrogens (primary N) is 1. The maximum atomic E-state index is 13.5. The molecule has 0 saturated heterocycles. The molecule has 0 aliphatic heterocycles. The lowest BCUT2D eigenvalue weighted by atomic mass is 10.0. The van der Waals surface area contributed by atoms with Gasteiger partial charge in [0.25, 0.3) is 0 Å². The van der Waals surface area contributed by atoms with Gasteiger partial charge in [0.15, 0.2) is 5.78 Å². The van der Waals surface area contributed by atoms with Crippen LogP contribution in [0, 0.1) is 11.6 Å². The largest absolute Gasteiger partial charge is 0.399 e. The molecule has 2 aromatic rings. The number of hydrogen-bond acceptors (Lipinski definition) is 2. The zero-order chi connectivity index (χ0) is 14.0. The lowest BCUT2D eigenvalue weighted by Crippen LogP contribution is -2.06. The highest BCUT2D eigenvalue weighted by molar-refractivity contribution is 9.10. The Labute approximate surface area is 117 Å². The molecule has 0 bridgehead atoms. The number of nitrogen functional groups attached to an aromatic ring is 1. The molecule has 0 fully saturated rings. The van der Waals surface area contributed by atoms with Crippen LogP contribution in [0.4, 0.5) is 14.5 Å². The van der Waals surface area contributed by atoms with E-state index in [-0.39, 0.29) is 17.8 Å². The molecular weight excluding hydrogens is 316 g/mol. The first-order chi connectivity index (χ1) is 8.95. The minimum Gasteiger partial charge on any atom is -0.399 e. The van der Waals surface area contributed by atoms with Gasteiger partial charge in [-0.25, -0.2) is 8.78 Å². The molecule has 0 aromatic heterocycles. The number of carbonyl (C=O) groups is 1. The number of benzene rings is 2. The highest BCUT2D eigenvalue weighted by Crippen LogP contribution is 2.19. The van der Waals surface area contributed by atoms with Crippen LogP contribution in [0.2, 0.25) is 0 Å². The van der Waals surface area contributed by atoms with Crippen molar-refractivity contribution in [3.63, 3.8) is 0 Å². The molecule has 0 atom stereocenters. The molecule has 0 unspecified atom stereocenters. The Balaban J connectivity index is 2.28. The average molecular weight is 326 g/mol. The lowest BCUT2D eigenvalue weighted by Gasteiger charge is -2.05. The molecule has 2 N–H and O–H groups in total. The lowest BCUT2D eigenvalue weighted by molar-refractivity contribution is 0.0991. The number of halogens is 3. The minimum absolute atomic E-state index is 0.0311. The average Bonchev–Trinajstić information content (AvgIpc) is 2.32. The Morgan fingerprint density at radius 3 is 2.58 bits per heavy atom. The third-order valence-electron chi connectivity index (χ3n) is 2.60. The van der Waals surface area contributed by atoms with Crippen LogP contribution >= 0.6 is 15.9 Å². The Bertz CT molecular complexity index is 623. The van der Waals surface area contributed by atoms with Crippen molar-refractivity contribution in [2.45, 2.75) is 6.42 Å². The Hall–Kier alpha value is -1.75. The van der Waals surface area contributed by atoms with Gasteiger partial charge in [-0.3, -0.25) is 4.79 Å². The molecule has 98 valence electrons. The minimum atomic E-state index is -0.599. The summed E-state index contributed by atoms with van der Waals surface area (Å²) in [5.74, 6) is -1.49.